The van der Waals surface area contributed by atoms with E-state index in [9.17, 15) is 5.26 Å². The molecule has 0 radical (unpaired) electrons. The first-order chi connectivity index (χ1) is 12.4. The van der Waals surface area contributed by atoms with E-state index in [2.05, 4.69) is 26.3 Å². The SMILES string of the molecule is N#Cc1cccnc1NCc1cccnc1-n1cnc2ccccc21. The van der Waals surface area contributed by atoms with Gasteiger partial charge in [0.1, 0.15) is 24.0 Å². The molecule has 0 amide bonds. The number of anilines is 1. The van der Waals surface area contributed by atoms with Crippen molar-refractivity contribution in [2.24, 2.45) is 0 Å². The van der Waals surface area contributed by atoms with Gasteiger partial charge in [0, 0.05) is 24.5 Å². The average molecular weight is 326 g/mol. The molecule has 3 heterocycles. The molecular formula is C19H14N6. The molecular weight excluding hydrogens is 312 g/mol. The molecule has 0 aliphatic carbocycles. The van der Waals surface area contributed by atoms with Gasteiger partial charge >= 0.3 is 0 Å². The third kappa shape index (κ3) is 2.79. The molecule has 120 valence electrons. The Hall–Kier alpha value is -3.72. The molecule has 1 aromatic carbocycles. The van der Waals surface area contributed by atoms with Crippen molar-refractivity contribution in [3.05, 3.63) is 78.4 Å². The van der Waals surface area contributed by atoms with Gasteiger partial charge in [-0.3, -0.25) is 4.57 Å². The fourth-order valence-electron chi connectivity index (χ4n) is 2.73. The van der Waals surface area contributed by atoms with Crippen molar-refractivity contribution in [1.82, 2.24) is 19.5 Å². The van der Waals surface area contributed by atoms with Crippen molar-refractivity contribution in [2.75, 3.05) is 5.32 Å². The Bertz CT molecular complexity index is 1080. The van der Waals surface area contributed by atoms with Crippen molar-refractivity contribution in [3.8, 4) is 11.9 Å². The zero-order chi connectivity index (χ0) is 17.1. The topological polar surface area (TPSA) is 79.4 Å². The Morgan fingerprint density at radius 1 is 0.960 bits per heavy atom. The predicted octanol–water partition coefficient (Wildman–Crippen LogP) is 3.30. The number of hydrogen-bond acceptors (Lipinski definition) is 5. The maximum atomic E-state index is 9.18. The predicted molar refractivity (Wildman–Crippen MR) is 95.1 cm³/mol. The van der Waals surface area contributed by atoms with Gasteiger partial charge < -0.3 is 5.32 Å². The van der Waals surface area contributed by atoms with Gasteiger partial charge in [0.15, 0.2) is 0 Å². The molecule has 0 saturated carbocycles. The molecule has 6 nitrogen and oxygen atoms in total. The number of benzene rings is 1. The van der Waals surface area contributed by atoms with Crippen molar-refractivity contribution < 1.29 is 0 Å². The molecule has 0 saturated heterocycles. The summed E-state index contributed by atoms with van der Waals surface area (Å²) in [4.78, 5) is 13.2. The van der Waals surface area contributed by atoms with Crippen LogP contribution in [0.4, 0.5) is 5.82 Å². The minimum Gasteiger partial charge on any atom is -0.365 e. The third-order valence-corrected chi connectivity index (χ3v) is 3.92. The first-order valence-electron chi connectivity index (χ1n) is 7.82. The molecule has 3 aromatic heterocycles. The Morgan fingerprint density at radius 2 is 1.80 bits per heavy atom. The molecule has 0 aliphatic heterocycles. The van der Waals surface area contributed by atoms with E-state index in [0.717, 1.165) is 22.4 Å². The highest BCUT2D eigenvalue weighted by atomic mass is 15.1. The first-order valence-corrected chi connectivity index (χ1v) is 7.82. The number of aromatic nitrogens is 4. The summed E-state index contributed by atoms with van der Waals surface area (Å²) in [6, 6.07) is 17.5. The molecule has 0 aliphatic rings. The quantitative estimate of drug-likeness (QED) is 0.622. The van der Waals surface area contributed by atoms with Crippen LogP contribution in [0.1, 0.15) is 11.1 Å². The van der Waals surface area contributed by atoms with Crippen LogP contribution in [0, 0.1) is 11.3 Å². The van der Waals surface area contributed by atoms with Crippen LogP contribution in [0.15, 0.2) is 67.3 Å². The summed E-state index contributed by atoms with van der Waals surface area (Å²) in [7, 11) is 0. The molecule has 25 heavy (non-hydrogen) atoms. The van der Waals surface area contributed by atoms with Crippen molar-refractivity contribution in [2.45, 2.75) is 6.54 Å². The fourth-order valence-corrected chi connectivity index (χ4v) is 2.73. The average Bonchev–Trinajstić information content (AvgIpc) is 3.11. The molecule has 6 heteroatoms. The molecule has 0 bridgehead atoms. The smallest absolute Gasteiger partial charge is 0.144 e. The Morgan fingerprint density at radius 3 is 2.72 bits per heavy atom. The van der Waals surface area contributed by atoms with Gasteiger partial charge in [-0.2, -0.15) is 5.26 Å². The lowest BCUT2D eigenvalue weighted by molar-refractivity contribution is 0.967. The van der Waals surface area contributed by atoms with Gasteiger partial charge in [-0.05, 0) is 30.3 Å². The Balaban J connectivity index is 1.69. The molecule has 0 unspecified atom stereocenters. The maximum Gasteiger partial charge on any atom is 0.144 e. The monoisotopic (exact) mass is 326 g/mol. The molecule has 4 rings (SSSR count). The lowest BCUT2D eigenvalue weighted by Crippen LogP contribution is -2.08. The minimum atomic E-state index is 0.501. The van der Waals surface area contributed by atoms with Gasteiger partial charge in [0.2, 0.25) is 0 Å². The largest absolute Gasteiger partial charge is 0.365 e. The summed E-state index contributed by atoms with van der Waals surface area (Å²) < 4.78 is 1.97. The van der Waals surface area contributed by atoms with E-state index in [-0.39, 0.29) is 0 Å². The van der Waals surface area contributed by atoms with Crippen LogP contribution in [0.5, 0.6) is 0 Å². The lowest BCUT2D eigenvalue weighted by Gasteiger charge is -2.12. The van der Waals surface area contributed by atoms with Crippen molar-refractivity contribution in [1.29, 1.82) is 5.26 Å². The Kier molecular flexibility index (Phi) is 3.81. The minimum absolute atomic E-state index is 0.501. The van der Waals surface area contributed by atoms with E-state index >= 15 is 0 Å². The van der Waals surface area contributed by atoms with Crippen molar-refractivity contribution >= 4 is 16.9 Å². The van der Waals surface area contributed by atoms with Crippen molar-refractivity contribution in [3.63, 3.8) is 0 Å². The van der Waals surface area contributed by atoms with Crippen LogP contribution in [0.25, 0.3) is 16.9 Å². The summed E-state index contributed by atoms with van der Waals surface area (Å²) >= 11 is 0. The molecule has 0 fully saturated rings. The van der Waals surface area contributed by atoms with Gasteiger partial charge in [0.05, 0.1) is 16.6 Å². The summed E-state index contributed by atoms with van der Waals surface area (Å²) in [6.07, 6.45) is 5.20. The van der Waals surface area contributed by atoms with Gasteiger partial charge in [-0.1, -0.05) is 18.2 Å². The molecule has 0 atom stereocenters. The van der Waals surface area contributed by atoms with Crippen LogP contribution in [0.2, 0.25) is 0 Å². The fraction of sp³-hybridized carbons (Fsp3) is 0.0526. The van der Waals surface area contributed by atoms with Crippen LogP contribution >= 0.6 is 0 Å². The number of imidazole rings is 1. The number of hydrogen-bond donors (Lipinski definition) is 1. The zero-order valence-electron chi connectivity index (χ0n) is 13.3. The molecule has 1 N–H and O–H groups in total. The number of pyridine rings is 2. The van der Waals surface area contributed by atoms with E-state index in [0.29, 0.717) is 17.9 Å². The van der Waals surface area contributed by atoms with Gasteiger partial charge in [-0.15, -0.1) is 0 Å². The molecule has 4 aromatic rings. The summed E-state index contributed by atoms with van der Waals surface area (Å²) in [5.41, 5.74) is 3.42. The van der Waals surface area contributed by atoms with E-state index in [4.69, 9.17) is 0 Å². The highest BCUT2D eigenvalue weighted by Gasteiger charge is 2.10. The second-order valence-electron chi connectivity index (χ2n) is 5.45. The second kappa shape index (κ2) is 6.42. The normalized spacial score (nSPS) is 10.5. The van der Waals surface area contributed by atoms with E-state index in [1.165, 1.54) is 0 Å². The van der Waals surface area contributed by atoms with Gasteiger partial charge in [-0.25, -0.2) is 15.0 Å². The zero-order valence-corrected chi connectivity index (χ0v) is 13.3. The number of fused-ring (bicyclic) bond motifs is 1. The maximum absolute atomic E-state index is 9.18. The first kappa shape index (κ1) is 14.8. The van der Waals surface area contributed by atoms with Crippen LogP contribution in [-0.2, 0) is 6.54 Å². The number of nitriles is 1. The number of nitrogens with one attached hydrogen (secondary N) is 1. The highest BCUT2D eigenvalue weighted by molar-refractivity contribution is 5.77. The Labute approximate surface area is 144 Å². The lowest BCUT2D eigenvalue weighted by atomic mass is 10.2. The summed E-state index contributed by atoms with van der Waals surface area (Å²) in [5, 5.41) is 12.4. The number of rotatable bonds is 4. The van der Waals surface area contributed by atoms with Crippen LogP contribution in [-0.4, -0.2) is 19.5 Å². The summed E-state index contributed by atoms with van der Waals surface area (Å²) in [6.45, 7) is 0.501. The number of nitrogens with zero attached hydrogens (tertiary/aromatic N) is 5. The van der Waals surface area contributed by atoms with Crippen LogP contribution < -0.4 is 5.32 Å². The standard InChI is InChI=1S/C19H14N6/c20-11-14-5-3-9-21-18(14)23-12-15-6-4-10-22-19(15)25-13-24-16-7-1-2-8-17(16)25/h1-10,13H,12H2,(H,21,23). The van der Waals surface area contributed by atoms with E-state index < -0.39 is 0 Å². The second-order valence-corrected chi connectivity index (χ2v) is 5.45. The third-order valence-electron chi connectivity index (χ3n) is 3.92. The van der Waals surface area contributed by atoms with Gasteiger partial charge in [0.25, 0.3) is 0 Å². The number of para-hydroxylation sites is 2. The van der Waals surface area contributed by atoms with E-state index in [1.54, 1.807) is 30.9 Å². The van der Waals surface area contributed by atoms with Crippen LogP contribution in [0.3, 0.4) is 0 Å². The van der Waals surface area contributed by atoms with E-state index in [1.807, 2.05) is 41.0 Å². The molecule has 0 spiro atoms. The summed E-state index contributed by atoms with van der Waals surface area (Å²) in [5.74, 6) is 1.37. The highest BCUT2D eigenvalue weighted by Crippen LogP contribution is 2.20.